The Morgan fingerprint density at radius 3 is 2.54 bits per heavy atom. The number of esters is 1. The Balaban J connectivity index is 3.91. The van der Waals surface area contributed by atoms with E-state index in [2.05, 4.69) is 0 Å². The molecule has 0 bridgehead atoms. The molecule has 0 aromatic heterocycles. The molecule has 0 aliphatic heterocycles. The molecule has 0 saturated heterocycles. The van der Waals surface area contributed by atoms with Crippen molar-refractivity contribution >= 4 is 5.97 Å². The molecule has 0 aliphatic carbocycles. The Labute approximate surface area is 78.7 Å². The summed E-state index contributed by atoms with van der Waals surface area (Å²) in [4.78, 5) is 11.2. The number of carbonyl (C=O) groups is 1. The van der Waals surface area contributed by atoms with E-state index in [1.54, 1.807) is 20.8 Å². The lowest BCUT2D eigenvalue weighted by atomic mass is 10.1. The number of rotatable bonds is 3. The summed E-state index contributed by atoms with van der Waals surface area (Å²) in [6, 6.07) is 1.25. The Kier molecular flexibility index (Phi) is 4.43. The normalized spacial score (nSPS) is 13.2. The molecule has 4 heteroatoms. The van der Waals surface area contributed by atoms with Crippen LogP contribution in [0.4, 0.5) is 0 Å². The molecule has 0 saturated carbocycles. The van der Waals surface area contributed by atoms with Crippen LogP contribution in [-0.4, -0.2) is 17.6 Å². The average Bonchev–Trinajstić information content (AvgIpc) is 1.96. The molecule has 0 rings (SSSR count). The van der Waals surface area contributed by atoms with Crippen LogP contribution < -0.4 is 5.73 Å². The van der Waals surface area contributed by atoms with Crippen LogP contribution in [0.5, 0.6) is 0 Å². The first-order valence-electron chi connectivity index (χ1n) is 4.22. The van der Waals surface area contributed by atoms with Crippen LogP contribution in [0.2, 0.25) is 0 Å². The fraction of sp³-hybridized carbons (Fsp3) is 0.778. The molecule has 0 unspecified atom stereocenters. The maximum atomic E-state index is 11.2. The van der Waals surface area contributed by atoms with Gasteiger partial charge in [0.05, 0.1) is 6.07 Å². The van der Waals surface area contributed by atoms with Gasteiger partial charge in [-0.1, -0.05) is 0 Å². The largest absolute Gasteiger partial charge is 0.459 e. The predicted octanol–water partition coefficient (Wildman–Crippen LogP) is 0.959. The van der Waals surface area contributed by atoms with Gasteiger partial charge in [0.15, 0.2) is 0 Å². The number of nitrogens with two attached hydrogens (primary N) is 1. The first kappa shape index (κ1) is 11.9. The average molecular weight is 184 g/mol. The summed E-state index contributed by atoms with van der Waals surface area (Å²) >= 11 is 0. The molecule has 0 aliphatic rings. The Bertz CT molecular complexity index is 213. The standard InChI is InChI=1S/C9H16N2O2/c1-9(2,3)13-8(12)7(11)5-4-6-10/h7H,4-5,11H2,1-3H3/t7-/m0/s1. The molecule has 1 atom stereocenters. The summed E-state index contributed by atoms with van der Waals surface area (Å²) in [5, 5.41) is 8.27. The summed E-state index contributed by atoms with van der Waals surface area (Å²) < 4.78 is 5.02. The lowest BCUT2D eigenvalue weighted by molar-refractivity contribution is -0.156. The van der Waals surface area contributed by atoms with E-state index in [0.29, 0.717) is 6.42 Å². The highest BCUT2D eigenvalue weighted by Gasteiger charge is 2.21. The fourth-order valence-electron chi connectivity index (χ4n) is 0.715. The van der Waals surface area contributed by atoms with E-state index in [-0.39, 0.29) is 6.42 Å². The molecule has 0 aromatic rings. The number of nitrogens with zero attached hydrogens (tertiary/aromatic N) is 1. The lowest BCUT2D eigenvalue weighted by Gasteiger charge is -2.21. The number of carbonyl (C=O) groups excluding carboxylic acids is 1. The number of hydrogen-bond acceptors (Lipinski definition) is 4. The van der Waals surface area contributed by atoms with E-state index in [4.69, 9.17) is 15.7 Å². The summed E-state index contributed by atoms with van der Waals surface area (Å²) in [6.07, 6.45) is 0.631. The Morgan fingerprint density at radius 2 is 2.15 bits per heavy atom. The van der Waals surface area contributed by atoms with Gasteiger partial charge in [-0.3, -0.25) is 4.79 Å². The van der Waals surface area contributed by atoms with Crippen LogP contribution in [0.3, 0.4) is 0 Å². The van der Waals surface area contributed by atoms with Crippen molar-refractivity contribution in [3.8, 4) is 6.07 Å². The molecule has 2 N–H and O–H groups in total. The van der Waals surface area contributed by atoms with Crippen molar-refractivity contribution in [2.45, 2.75) is 45.3 Å². The fourth-order valence-corrected chi connectivity index (χ4v) is 0.715. The first-order chi connectivity index (χ1) is 5.87. The van der Waals surface area contributed by atoms with Crippen molar-refractivity contribution in [1.29, 1.82) is 5.26 Å². The molecule has 13 heavy (non-hydrogen) atoms. The maximum absolute atomic E-state index is 11.2. The molecule has 0 spiro atoms. The smallest absolute Gasteiger partial charge is 0.323 e. The van der Waals surface area contributed by atoms with E-state index >= 15 is 0 Å². The van der Waals surface area contributed by atoms with Crippen molar-refractivity contribution in [3.63, 3.8) is 0 Å². The monoisotopic (exact) mass is 184 g/mol. The zero-order chi connectivity index (χ0) is 10.5. The third-order valence-corrected chi connectivity index (χ3v) is 1.28. The van der Waals surface area contributed by atoms with Crippen LogP contribution in [0.15, 0.2) is 0 Å². The van der Waals surface area contributed by atoms with Crippen LogP contribution in [0.25, 0.3) is 0 Å². The minimum absolute atomic E-state index is 0.278. The molecule has 74 valence electrons. The summed E-state index contributed by atoms with van der Waals surface area (Å²) in [6.45, 7) is 5.34. The number of hydrogen-bond donors (Lipinski definition) is 1. The van der Waals surface area contributed by atoms with Gasteiger partial charge >= 0.3 is 5.97 Å². The summed E-state index contributed by atoms with van der Waals surface area (Å²) in [7, 11) is 0. The van der Waals surface area contributed by atoms with Crippen molar-refractivity contribution in [2.24, 2.45) is 5.73 Å². The van der Waals surface area contributed by atoms with Crippen LogP contribution in [-0.2, 0) is 9.53 Å². The van der Waals surface area contributed by atoms with E-state index in [1.807, 2.05) is 6.07 Å². The quantitative estimate of drug-likeness (QED) is 0.663. The van der Waals surface area contributed by atoms with E-state index in [9.17, 15) is 4.79 Å². The van der Waals surface area contributed by atoms with Gasteiger partial charge in [0, 0.05) is 6.42 Å². The van der Waals surface area contributed by atoms with Crippen LogP contribution >= 0.6 is 0 Å². The second-order valence-electron chi connectivity index (χ2n) is 3.84. The second-order valence-corrected chi connectivity index (χ2v) is 3.84. The minimum Gasteiger partial charge on any atom is -0.459 e. The zero-order valence-corrected chi connectivity index (χ0v) is 8.33. The molecule has 0 fully saturated rings. The van der Waals surface area contributed by atoms with Gasteiger partial charge in [-0.2, -0.15) is 5.26 Å². The van der Waals surface area contributed by atoms with Gasteiger partial charge < -0.3 is 10.5 Å². The molecule has 0 aromatic carbocycles. The van der Waals surface area contributed by atoms with Gasteiger partial charge in [0.25, 0.3) is 0 Å². The highest BCUT2D eigenvalue weighted by atomic mass is 16.6. The van der Waals surface area contributed by atoms with E-state index < -0.39 is 17.6 Å². The molecule has 0 heterocycles. The Morgan fingerprint density at radius 1 is 1.62 bits per heavy atom. The topological polar surface area (TPSA) is 76.1 Å². The Hall–Kier alpha value is -1.08. The molecule has 0 amide bonds. The molecular weight excluding hydrogens is 168 g/mol. The lowest BCUT2D eigenvalue weighted by Crippen LogP contribution is -2.37. The molecular formula is C9H16N2O2. The van der Waals surface area contributed by atoms with Gasteiger partial charge in [0.2, 0.25) is 0 Å². The van der Waals surface area contributed by atoms with Crippen molar-refractivity contribution in [3.05, 3.63) is 0 Å². The van der Waals surface area contributed by atoms with Gasteiger partial charge in [-0.15, -0.1) is 0 Å². The van der Waals surface area contributed by atoms with Crippen molar-refractivity contribution < 1.29 is 9.53 Å². The van der Waals surface area contributed by atoms with Gasteiger partial charge in [-0.05, 0) is 27.2 Å². The highest BCUT2D eigenvalue weighted by molar-refractivity contribution is 5.75. The number of nitriles is 1. The van der Waals surface area contributed by atoms with Crippen molar-refractivity contribution in [1.82, 2.24) is 0 Å². The third-order valence-electron chi connectivity index (χ3n) is 1.28. The maximum Gasteiger partial charge on any atom is 0.323 e. The van der Waals surface area contributed by atoms with E-state index in [0.717, 1.165) is 0 Å². The van der Waals surface area contributed by atoms with E-state index in [1.165, 1.54) is 0 Å². The first-order valence-corrected chi connectivity index (χ1v) is 4.22. The van der Waals surface area contributed by atoms with Crippen molar-refractivity contribution in [2.75, 3.05) is 0 Å². The van der Waals surface area contributed by atoms with Crippen LogP contribution in [0, 0.1) is 11.3 Å². The zero-order valence-electron chi connectivity index (χ0n) is 8.33. The van der Waals surface area contributed by atoms with Gasteiger partial charge in [-0.25, -0.2) is 0 Å². The number of ether oxygens (including phenoxy) is 1. The predicted molar refractivity (Wildman–Crippen MR) is 48.7 cm³/mol. The summed E-state index contributed by atoms with van der Waals surface area (Å²) in [5.41, 5.74) is 4.97. The molecule has 0 radical (unpaired) electrons. The summed E-state index contributed by atoms with van der Waals surface area (Å²) in [5.74, 6) is -0.442. The SMILES string of the molecule is CC(C)(C)OC(=O)[C@@H](N)CCC#N. The third kappa shape index (κ3) is 6.12. The van der Waals surface area contributed by atoms with Gasteiger partial charge in [0.1, 0.15) is 11.6 Å². The second kappa shape index (κ2) is 4.83. The molecule has 4 nitrogen and oxygen atoms in total. The minimum atomic E-state index is -0.682. The highest BCUT2D eigenvalue weighted by Crippen LogP contribution is 2.09. The van der Waals surface area contributed by atoms with Crippen LogP contribution in [0.1, 0.15) is 33.6 Å².